The highest BCUT2D eigenvalue weighted by atomic mass is 19.3. The Morgan fingerprint density at radius 1 is 0.848 bits per heavy atom. The maximum Gasteiger partial charge on any atom is 0.315 e. The Bertz CT molecular complexity index is 1900. The van der Waals surface area contributed by atoms with Gasteiger partial charge in [0.2, 0.25) is 0 Å². The lowest BCUT2D eigenvalue weighted by Crippen LogP contribution is -2.49. The Kier molecular flexibility index (Phi) is 8.76. The molecule has 1 unspecified atom stereocenters. The summed E-state index contributed by atoms with van der Waals surface area (Å²) in [6, 6.07) is 23.1. The van der Waals surface area contributed by atoms with Gasteiger partial charge in [-0.3, -0.25) is 10.2 Å². The first-order valence-corrected chi connectivity index (χ1v) is 15.1. The summed E-state index contributed by atoms with van der Waals surface area (Å²) in [4.78, 5) is 16.6. The Hall–Kier alpha value is -5.16. The van der Waals surface area contributed by atoms with E-state index >= 15 is 0 Å². The average Bonchev–Trinajstić information content (AvgIpc) is 3.06. The van der Waals surface area contributed by atoms with Crippen LogP contribution in [0.25, 0.3) is 5.57 Å². The minimum absolute atomic E-state index is 0.0313. The van der Waals surface area contributed by atoms with Gasteiger partial charge in [0.1, 0.15) is 11.6 Å². The number of benzene rings is 4. The lowest BCUT2D eigenvalue weighted by molar-refractivity contribution is 0.0660. The molecular formula is C38H31F4N3O. The van der Waals surface area contributed by atoms with Crippen molar-refractivity contribution < 1.29 is 22.4 Å². The van der Waals surface area contributed by atoms with Crippen LogP contribution in [0, 0.1) is 34.8 Å². The number of carbonyl (C=O) groups is 1. The van der Waals surface area contributed by atoms with Crippen LogP contribution < -0.4 is 4.90 Å². The summed E-state index contributed by atoms with van der Waals surface area (Å²) in [6.07, 6.45) is 3.03. The molecule has 0 radical (unpaired) electrons. The number of hydrogen-bond donors (Lipinski definition) is 1. The SMILES string of the molecule is CC1=CC(C2CCN(C(=O)c3ccc(C(=N)c4cccc(F)c4)c(C#Cc4cccc(F)c4)c3)CC2)N(C(F)F)c2ccccc21. The van der Waals surface area contributed by atoms with Gasteiger partial charge < -0.3 is 9.80 Å². The molecule has 1 amide bonds. The lowest BCUT2D eigenvalue weighted by Gasteiger charge is -2.43. The van der Waals surface area contributed by atoms with Gasteiger partial charge in [0.15, 0.2) is 0 Å². The fourth-order valence-corrected chi connectivity index (χ4v) is 6.35. The Labute approximate surface area is 265 Å². The number of hydrogen-bond acceptors (Lipinski definition) is 3. The van der Waals surface area contributed by atoms with Crippen LogP contribution in [-0.4, -0.2) is 42.2 Å². The van der Waals surface area contributed by atoms with Crippen LogP contribution >= 0.6 is 0 Å². The van der Waals surface area contributed by atoms with Crippen LogP contribution in [0.3, 0.4) is 0 Å². The molecule has 0 spiro atoms. The number of fused-ring (bicyclic) bond motifs is 1. The van der Waals surface area contributed by atoms with Crippen molar-refractivity contribution >= 4 is 22.9 Å². The van der Waals surface area contributed by atoms with E-state index in [0.29, 0.717) is 59.4 Å². The van der Waals surface area contributed by atoms with E-state index in [1.807, 2.05) is 25.1 Å². The number of likely N-dealkylation sites (tertiary alicyclic amines) is 1. The van der Waals surface area contributed by atoms with Gasteiger partial charge in [-0.2, -0.15) is 8.78 Å². The summed E-state index contributed by atoms with van der Waals surface area (Å²) in [5, 5.41) is 8.77. The molecule has 2 heterocycles. The highest BCUT2D eigenvalue weighted by molar-refractivity contribution is 6.12. The molecule has 2 aliphatic heterocycles. The third-order valence-electron chi connectivity index (χ3n) is 8.68. The number of rotatable bonds is 5. The number of carbonyl (C=O) groups excluding carboxylic acids is 1. The van der Waals surface area contributed by atoms with Crippen molar-refractivity contribution in [2.75, 3.05) is 18.0 Å². The largest absolute Gasteiger partial charge is 0.339 e. The molecule has 1 saturated heterocycles. The smallest absolute Gasteiger partial charge is 0.315 e. The number of nitrogens with one attached hydrogen (secondary N) is 1. The number of halogens is 4. The molecule has 4 aromatic carbocycles. The van der Waals surface area contributed by atoms with Crippen molar-refractivity contribution in [3.63, 3.8) is 0 Å². The van der Waals surface area contributed by atoms with Crippen LogP contribution in [0.15, 0.2) is 97.1 Å². The zero-order valence-electron chi connectivity index (χ0n) is 25.1. The van der Waals surface area contributed by atoms with Gasteiger partial charge in [-0.15, -0.1) is 0 Å². The lowest BCUT2D eigenvalue weighted by atomic mass is 9.83. The molecule has 6 rings (SSSR count). The van der Waals surface area contributed by atoms with Crippen molar-refractivity contribution in [3.05, 3.63) is 142 Å². The third-order valence-corrected chi connectivity index (χ3v) is 8.68. The first kappa shape index (κ1) is 30.8. The number of para-hydroxylation sites is 1. The second-order valence-electron chi connectivity index (χ2n) is 11.6. The zero-order valence-corrected chi connectivity index (χ0v) is 25.1. The first-order chi connectivity index (χ1) is 22.2. The number of allylic oxidation sites excluding steroid dienone is 1. The van der Waals surface area contributed by atoms with Gasteiger partial charge in [0, 0.05) is 52.2 Å². The molecule has 0 saturated carbocycles. The Morgan fingerprint density at radius 3 is 2.28 bits per heavy atom. The monoisotopic (exact) mass is 621 g/mol. The maximum absolute atomic E-state index is 14.4. The van der Waals surface area contributed by atoms with Crippen LogP contribution in [0.1, 0.15) is 57.9 Å². The summed E-state index contributed by atoms with van der Waals surface area (Å²) in [6.45, 7) is 0.0829. The molecule has 46 heavy (non-hydrogen) atoms. The van der Waals surface area contributed by atoms with Crippen LogP contribution in [0.5, 0.6) is 0 Å². The van der Waals surface area contributed by atoms with Crippen molar-refractivity contribution in [2.45, 2.75) is 32.4 Å². The van der Waals surface area contributed by atoms with Crippen LogP contribution in [0.4, 0.5) is 23.2 Å². The molecule has 0 aromatic heterocycles. The molecule has 4 nitrogen and oxygen atoms in total. The van der Waals surface area contributed by atoms with Gasteiger partial charge in [0.05, 0.1) is 11.8 Å². The summed E-state index contributed by atoms with van der Waals surface area (Å²) in [5.74, 6) is 4.69. The van der Waals surface area contributed by atoms with Crippen molar-refractivity contribution in [1.29, 1.82) is 5.41 Å². The normalized spacial score (nSPS) is 16.4. The Morgan fingerprint density at radius 2 is 1.57 bits per heavy atom. The van der Waals surface area contributed by atoms with Gasteiger partial charge in [-0.25, -0.2) is 8.78 Å². The summed E-state index contributed by atoms with van der Waals surface area (Å²) < 4.78 is 56.5. The number of alkyl halides is 2. The minimum Gasteiger partial charge on any atom is -0.339 e. The Balaban J connectivity index is 1.24. The quantitative estimate of drug-likeness (QED) is 0.106. The fraction of sp³-hybridized carbons (Fsp3) is 0.211. The van der Waals surface area contributed by atoms with Gasteiger partial charge in [-0.1, -0.05) is 60.4 Å². The van der Waals surface area contributed by atoms with Crippen molar-refractivity contribution in [1.82, 2.24) is 4.90 Å². The molecular weight excluding hydrogens is 590 g/mol. The predicted octanol–water partition coefficient (Wildman–Crippen LogP) is 8.15. The van der Waals surface area contributed by atoms with E-state index in [-0.39, 0.29) is 17.5 Å². The second kappa shape index (κ2) is 13.1. The molecule has 0 bridgehead atoms. The van der Waals surface area contributed by atoms with E-state index in [0.717, 1.165) is 11.1 Å². The van der Waals surface area contributed by atoms with E-state index in [1.165, 1.54) is 35.2 Å². The first-order valence-electron chi connectivity index (χ1n) is 15.1. The maximum atomic E-state index is 14.4. The predicted molar refractivity (Wildman–Crippen MR) is 172 cm³/mol. The minimum atomic E-state index is -2.66. The second-order valence-corrected chi connectivity index (χ2v) is 11.6. The molecule has 2 aliphatic rings. The van der Waals surface area contributed by atoms with E-state index in [2.05, 4.69) is 11.8 Å². The molecule has 0 aliphatic carbocycles. The van der Waals surface area contributed by atoms with Crippen LogP contribution in [-0.2, 0) is 0 Å². The molecule has 1 N–H and O–H groups in total. The highest BCUT2D eigenvalue weighted by Crippen LogP contribution is 2.40. The van der Waals surface area contributed by atoms with E-state index < -0.39 is 24.2 Å². The van der Waals surface area contributed by atoms with E-state index in [9.17, 15) is 22.4 Å². The summed E-state index contributed by atoms with van der Waals surface area (Å²) in [7, 11) is 0. The average molecular weight is 622 g/mol. The van der Waals surface area contributed by atoms with E-state index in [1.54, 1.807) is 53.4 Å². The standard InChI is InChI=1S/C38H31F4N3O/c1-24-20-35(45(38(41)42)34-11-3-2-10-32(24)34)26-16-18-44(19-17-26)37(46)29-14-15-33(36(43)28-7-5-9-31(40)23-28)27(22-29)13-12-25-6-4-8-30(39)21-25/h2-11,14-15,20-23,26,35,38,43H,16-19H2,1H3. The molecule has 1 atom stereocenters. The molecule has 4 aromatic rings. The number of amides is 1. The van der Waals surface area contributed by atoms with E-state index in [4.69, 9.17) is 5.41 Å². The molecule has 232 valence electrons. The van der Waals surface area contributed by atoms with Crippen LogP contribution in [0.2, 0.25) is 0 Å². The van der Waals surface area contributed by atoms with Gasteiger partial charge in [0.25, 0.3) is 5.91 Å². The number of nitrogens with zero attached hydrogens (tertiary/aromatic N) is 2. The topological polar surface area (TPSA) is 47.4 Å². The van der Waals surface area contributed by atoms with Crippen molar-refractivity contribution in [2.24, 2.45) is 5.92 Å². The fourth-order valence-electron chi connectivity index (χ4n) is 6.35. The third kappa shape index (κ3) is 6.32. The van der Waals surface area contributed by atoms with Gasteiger partial charge in [-0.05, 0) is 79.8 Å². The molecule has 1 fully saturated rings. The number of anilines is 1. The highest BCUT2D eigenvalue weighted by Gasteiger charge is 2.37. The number of piperidine rings is 1. The van der Waals surface area contributed by atoms with Gasteiger partial charge >= 0.3 is 6.55 Å². The van der Waals surface area contributed by atoms with Crippen molar-refractivity contribution in [3.8, 4) is 11.8 Å². The molecule has 8 heteroatoms. The summed E-state index contributed by atoms with van der Waals surface area (Å²) >= 11 is 0. The zero-order chi connectivity index (χ0) is 32.4. The summed E-state index contributed by atoms with van der Waals surface area (Å²) in [5.41, 5.74) is 4.22.